The molecule has 32 heavy (non-hydrogen) atoms. The monoisotopic (exact) mass is 477 g/mol. The van der Waals surface area contributed by atoms with Crippen LogP contribution in [0.2, 0.25) is 5.02 Å². The Morgan fingerprint density at radius 3 is 2.81 bits per heavy atom. The van der Waals surface area contributed by atoms with Gasteiger partial charge in [-0.05, 0) is 68.5 Å². The number of aryl methyl sites for hydroxylation is 1. The molecule has 1 amide bonds. The molecule has 6 nitrogen and oxygen atoms in total. The Balaban J connectivity index is 1.47. The SMILES string of the molecule is CCOC(=O)c1c(NC(=O)c2ccc(COc3ccc(F)cc3Cl)o2)sc2c1CCCC2. The smallest absolute Gasteiger partial charge is 0.341 e. The van der Waals surface area contributed by atoms with E-state index in [4.69, 9.17) is 25.5 Å². The van der Waals surface area contributed by atoms with Crippen LogP contribution in [0.25, 0.3) is 0 Å². The van der Waals surface area contributed by atoms with Gasteiger partial charge in [-0.25, -0.2) is 9.18 Å². The summed E-state index contributed by atoms with van der Waals surface area (Å²) in [5.74, 6) is -0.579. The second kappa shape index (κ2) is 9.75. The number of carbonyl (C=O) groups is 2. The summed E-state index contributed by atoms with van der Waals surface area (Å²) in [6, 6.07) is 6.95. The largest absolute Gasteiger partial charge is 0.484 e. The van der Waals surface area contributed by atoms with Gasteiger partial charge in [0.25, 0.3) is 5.91 Å². The molecule has 2 aromatic heterocycles. The van der Waals surface area contributed by atoms with E-state index < -0.39 is 17.7 Å². The van der Waals surface area contributed by atoms with Crippen LogP contribution >= 0.6 is 22.9 Å². The predicted molar refractivity (Wildman–Crippen MR) is 119 cm³/mol. The van der Waals surface area contributed by atoms with Gasteiger partial charge in [-0.3, -0.25) is 4.79 Å². The minimum absolute atomic E-state index is 0.0139. The first kappa shape index (κ1) is 22.4. The molecule has 9 heteroatoms. The number of ether oxygens (including phenoxy) is 2. The average Bonchev–Trinajstić information content (AvgIpc) is 3.37. The molecular weight excluding hydrogens is 457 g/mol. The number of rotatable bonds is 7. The van der Waals surface area contributed by atoms with Crippen molar-refractivity contribution in [3.05, 3.63) is 68.7 Å². The van der Waals surface area contributed by atoms with E-state index in [1.54, 1.807) is 13.0 Å². The lowest BCUT2D eigenvalue weighted by atomic mass is 9.95. The Bertz CT molecular complexity index is 1160. The minimum Gasteiger partial charge on any atom is -0.484 e. The number of hydrogen-bond donors (Lipinski definition) is 1. The number of halogens is 2. The van der Waals surface area contributed by atoms with Gasteiger partial charge in [-0.1, -0.05) is 11.6 Å². The Labute approximate surface area is 193 Å². The van der Waals surface area contributed by atoms with Crippen LogP contribution in [-0.2, 0) is 24.2 Å². The van der Waals surface area contributed by atoms with Crippen LogP contribution in [0.1, 0.15) is 56.9 Å². The van der Waals surface area contributed by atoms with Crippen LogP contribution < -0.4 is 10.1 Å². The summed E-state index contributed by atoms with van der Waals surface area (Å²) in [5.41, 5.74) is 1.42. The van der Waals surface area contributed by atoms with Crippen molar-refractivity contribution in [3.8, 4) is 5.75 Å². The summed E-state index contributed by atoms with van der Waals surface area (Å²) in [6.45, 7) is 2.02. The Hall–Kier alpha value is -2.84. The molecule has 168 valence electrons. The maximum absolute atomic E-state index is 13.1. The molecule has 0 bridgehead atoms. The first-order valence-corrected chi connectivity index (χ1v) is 11.4. The number of anilines is 1. The van der Waals surface area contributed by atoms with Crippen LogP contribution in [0.5, 0.6) is 5.75 Å². The van der Waals surface area contributed by atoms with Crippen molar-refractivity contribution in [3.63, 3.8) is 0 Å². The van der Waals surface area contributed by atoms with Gasteiger partial charge in [0.1, 0.15) is 28.9 Å². The lowest BCUT2D eigenvalue weighted by Gasteiger charge is -2.12. The molecule has 1 aliphatic rings. The lowest BCUT2D eigenvalue weighted by Crippen LogP contribution is -2.15. The average molecular weight is 478 g/mol. The topological polar surface area (TPSA) is 77.8 Å². The molecule has 4 rings (SSSR count). The van der Waals surface area contributed by atoms with E-state index in [2.05, 4.69) is 5.32 Å². The van der Waals surface area contributed by atoms with Crippen molar-refractivity contribution >= 4 is 39.8 Å². The summed E-state index contributed by atoms with van der Waals surface area (Å²) in [6.07, 6.45) is 3.74. The minimum atomic E-state index is -0.472. The molecule has 0 unspecified atom stereocenters. The zero-order valence-corrected chi connectivity index (χ0v) is 18.9. The van der Waals surface area contributed by atoms with Gasteiger partial charge >= 0.3 is 5.97 Å². The predicted octanol–water partition coefficient (Wildman–Crippen LogP) is 6.02. The zero-order valence-electron chi connectivity index (χ0n) is 17.3. The van der Waals surface area contributed by atoms with E-state index in [1.165, 1.54) is 29.5 Å². The van der Waals surface area contributed by atoms with E-state index in [0.29, 0.717) is 22.1 Å². The summed E-state index contributed by atoms with van der Waals surface area (Å²) < 4.78 is 29.5. The van der Waals surface area contributed by atoms with E-state index in [0.717, 1.165) is 42.2 Å². The number of nitrogens with one attached hydrogen (secondary N) is 1. The van der Waals surface area contributed by atoms with Crippen molar-refractivity contribution in [2.75, 3.05) is 11.9 Å². The third-order valence-corrected chi connectivity index (χ3v) is 6.53. The standard InChI is InChI=1S/C23H21ClFNO5S/c1-2-29-23(28)20-15-5-3-4-6-19(15)32-22(20)26-21(27)18-10-8-14(31-18)12-30-17-9-7-13(25)11-16(17)24/h7-11H,2-6,12H2,1H3,(H,26,27). The first-order valence-electron chi connectivity index (χ1n) is 10.3. The Morgan fingerprint density at radius 1 is 1.22 bits per heavy atom. The first-order chi connectivity index (χ1) is 15.5. The van der Waals surface area contributed by atoms with Gasteiger partial charge in [-0.2, -0.15) is 0 Å². The van der Waals surface area contributed by atoms with Crippen molar-refractivity contribution in [1.82, 2.24) is 0 Å². The molecule has 1 N–H and O–H groups in total. The van der Waals surface area contributed by atoms with Crippen molar-refractivity contribution < 1.29 is 27.9 Å². The van der Waals surface area contributed by atoms with Crippen molar-refractivity contribution in [2.24, 2.45) is 0 Å². The van der Waals surface area contributed by atoms with Crippen LogP contribution in [0.4, 0.5) is 9.39 Å². The molecule has 0 saturated carbocycles. The number of esters is 1. The van der Waals surface area contributed by atoms with E-state index >= 15 is 0 Å². The van der Waals surface area contributed by atoms with Crippen LogP contribution in [0, 0.1) is 5.82 Å². The van der Waals surface area contributed by atoms with Gasteiger partial charge in [0.05, 0.1) is 17.2 Å². The number of carbonyl (C=O) groups excluding carboxylic acids is 2. The normalized spacial score (nSPS) is 12.8. The van der Waals surface area contributed by atoms with Crippen molar-refractivity contribution in [1.29, 1.82) is 0 Å². The summed E-state index contributed by atoms with van der Waals surface area (Å²) in [5, 5.41) is 3.43. The summed E-state index contributed by atoms with van der Waals surface area (Å²) in [4.78, 5) is 26.4. The number of amides is 1. The van der Waals surface area contributed by atoms with Gasteiger partial charge in [0.2, 0.25) is 0 Å². The quantitative estimate of drug-likeness (QED) is 0.421. The number of thiophene rings is 1. The molecule has 0 fully saturated rings. The van der Waals surface area contributed by atoms with Gasteiger partial charge in [-0.15, -0.1) is 11.3 Å². The third-order valence-electron chi connectivity index (χ3n) is 5.03. The molecule has 1 aliphatic carbocycles. The number of fused-ring (bicyclic) bond motifs is 1. The van der Waals surface area contributed by atoms with Gasteiger partial charge in [0, 0.05) is 4.88 Å². The fraction of sp³-hybridized carbons (Fsp3) is 0.304. The molecule has 0 aliphatic heterocycles. The Morgan fingerprint density at radius 2 is 2.03 bits per heavy atom. The van der Waals surface area contributed by atoms with Crippen LogP contribution in [-0.4, -0.2) is 18.5 Å². The molecule has 0 radical (unpaired) electrons. The van der Waals surface area contributed by atoms with E-state index in [9.17, 15) is 14.0 Å². The molecule has 0 spiro atoms. The molecule has 3 aromatic rings. The lowest BCUT2D eigenvalue weighted by molar-refractivity contribution is 0.0526. The third kappa shape index (κ3) is 4.81. The number of hydrogen-bond acceptors (Lipinski definition) is 6. The summed E-state index contributed by atoms with van der Waals surface area (Å²) >= 11 is 7.36. The van der Waals surface area contributed by atoms with E-state index in [1.807, 2.05) is 0 Å². The maximum Gasteiger partial charge on any atom is 0.341 e. The molecule has 1 aromatic carbocycles. The second-order valence-corrected chi connectivity index (χ2v) is 8.73. The van der Waals surface area contributed by atoms with Gasteiger partial charge < -0.3 is 19.2 Å². The fourth-order valence-corrected chi connectivity index (χ4v) is 5.05. The molecule has 0 atom stereocenters. The fourth-order valence-electron chi connectivity index (χ4n) is 3.56. The van der Waals surface area contributed by atoms with Crippen molar-refractivity contribution in [2.45, 2.75) is 39.2 Å². The van der Waals surface area contributed by atoms with E-state index in [-0.39, 0.29) is 24.0 Å². The second-order valence-electron chi connectivity index (χ2n) is 7.22. The zero-order chi connectivity index (χ0) is 22.7. The number of furan rings is 1. The highest BCUT2D eigenvalue weighted by Gasteiger charge is 2.28. The Kier molecular flexibility index (Phi) is 6.81. The highest BCUT2D eigenvalue weighted by atomic mass is 35.5. The highest BCUT2D eigenvalue weighted by molar-refractivity contribution is 7.17. The molecular formula is C23H21ClFNO5S. The molecule has 0 saturated heterocycles. The van der Waals surface area contributed by atoms with Crippen LogP contribution in [0.15, 0.2) is 34.7 Å². The van der Waals surface area contributed by atoms with Gasteiger partial charge in [0.15, 0.2) is 5.76 Å². The number of benzene rings is 1. The summed E-state index contributed by atoms with van der Waals surface area (Å²) in [7, 11) is 0. The maximum atomic E-state index is 13.1. The van der Waals surface area contributed by atoms with Crippen LogP contribution in [0.3, 0.4) is 0 Å². The highest BCUT2D eigenvalue weighted by Crippen LogP contribution is 2.39. The molecule has 2 heterocycles.